The van der Waals surface area contributed by atoms with Crippen LogP contribution < -0.4 is 10.6 Å². The third kappa shape index (κ3) is 3.34. The SMILES string of the molecule is CC(=O)NCCNC1COC1. The maximum absolute atomic E-state index is 10.4. The van der Waals surface area contributed by atoms with Crippen LogP contribution in [0.1, 0.15) is 6.92 Å². The van der Waals surface area contributed by atoms with Crippen LogP contribution in [0.3, 0.4) is 0 Å². The van der Waals surface area contributed by atoms with Crippen molar-refractivity contribution in [1.82, 2.24) is 10.6 Å². The number of carbonyl (C=O) groups excluding carboxylic acids is 1. The standard InChI is InChI=1S/C7H14N2O2/c1-6(10)8-2-3-9-7-4-11-5-7/h7,9H,2-5H2,1H3,(H,8,10). The molecule has 0 radical (unpaired) electrons. The molecule has 1 aliphatic heterocycles. The molecule has 1 rings (SSSR count). The zero-order valence-electron chi connectivity index (χ0n) is 6.72. The molecule has 64 valence electrons. The van der Waals surface area contributed by atoms with E-state index < -0.39 is 0 Å². The summed E-state index contributed by atoms with van der Waals surface area (Å²) in [6.45, 7) is 4.66. The van der Waals surface area contributed by atoms with Gasteiger partial charge in [0.15, 0.2) is 0 Å². The molecule has 1 aliphatic rings. The predicted octanol–water partition coefficient (Wildman–Crippen LogP) is -0.889. The molecule has 0 atom stereocenters. The Morgan fingerprint density at radius 2 is 2.27 bits per heavy atom. The summed E-state index contributed by atoms with van der Waals surface area (Å²) in [7, 11) is 0. The second-order valence-corrected chi connectivity index (χ2v) is 2.67. The summed E-state index contributed by atoms with van der Waals surface area (Å²) in [6.07, 6.45) is 0. The molecule has 1 saturated heterocycles. The average molecular weight is 158 g/mol. The molecule has 0 aromatic carbocycles. The summed E-state index contributed by atoms with van der Waals surface area (Å²) < 4.78 is 4.96. The Hall–Kier alpha value is -0.610. The van der Waals surface area contributed by atoms with Gasteiger partial charge in [0.1, 0.15) is 0 Å². The van der Waals surface area contributed by atoms with Crippen LogP contribution in [-0.2, 0) is 9.53 Å². The van der Waals surface area contributed by atoms with Crippen molar-refractivity contribution in [3.05, 3.63) is 0 Å². The lowest BCUT2D eigenvalue weighted by molar-refractivity contribution is -0.118. The van der Waals surface area contributed by atoms with Gasteiger partial charge in [-0.15, -0.1) is 0 Å². The van der Waals surface area contributed by atoms with Crippen molar-refractivity contribution in [2.75, 3.05) is 26.3 Å². The van der Waals surface area contributed by atoms with Crippen LogP contribution in [0.15, 0.2) is 0 Å². The molecule has 1 heterocycles. The first-order valence-corrected chi connectivity index (χ1v) is 3.84. The molecule has 1 fully saturated rings. The van der Waals surface area contributed by atoms with E-state index in [9.17, 15) is 4.79 Å². The van der Waals surface area contributed by atoms with E-state index >= 15 is 0 Å². The van der Waals surface area contributed by atoms with E-state index in [1.165, 1.54) is 6.92 Å². The Bertz CT molecular complexity index is 134. The Morgan fingerprint density at radius 1 is 1.55 bits per heavy atom. The molecule has 0 saturated carbocycles. The molecule has 11 heavy (non-hydrogen) atoms. The van der Waals surface area contributed by atoms with Crippen molar-refractivity contribution in [3.63, 3.8) is 0 Å². The molecule has 0 bridgehead atoms. The minimum atomic E-state index is 0.0247. The second kappa shape index (κ2) is 4.31. The molecule has 2 N–H and O–H groups in total. The van der Waals surface area contributed by atoms with Crippen molar-refractivity contribution < 1.29 is 9.53 Å². The number of ether oxygens (including phenoxy) is 1. The average Bonchev–Trinajstić information content (AvgIpc) is 1.82. The maximum Gasteiger partial charge on any atom is 0.216 e. The lowest BCUT2D eigenvalue weighted by atomic mass is 10.2. The van der Waals surface area contributed by atoms with Crippen LogP contribution >= 0.6 is 0 Å². The van der Waals surface area contributed by atoms with Gasteiger partial charge in [-0.25, -0.2) is 0 Å². The third-order valence-corrected chi connectivity index (χ3v) is 1.57. The number of rotatable bonds is 4. The molecule has 0 aliphatic carbocycles. The fourth-order valence-electron chi connectivity index (χ4n) is 0.868. The molecule has 0 aromatic heterocycles. The van der Waals surface area contributed by atoms with Crippen molar-refractivity contribution >= 4 is 5.91 Å². The van der Waals surface area contributed by atoms with Gasteiger partial charge < -0.3 is 15.4 Å². The molecular formula is C7H14N2O2. The first-order chi connectivity index (χ1) is 5.29. The second-order valence-electron chi connectivity index (χ2n) is 2.67. The Labute approximate surface area is 66.3 Å². The highest BCUT2D eigenvalue weighted by atomic mass is 16.5. The molecular weight excluding hydrogens is 144 g/mol. The maximum atomic E-state index is 10.4. The molecule has 1 amide bonds. The molecule has 4 nitrogen and oxygen atoms in total. The van der Waals surface area contributed by atoms with Crippen LogP contribution in [0, 0.1) is 0 Å². The van der Waals surface area contributed by atoms with E-state index in [0.29, 0.717) is 12.6 Å². The van der Waals surface area contributed by atoms with Gasteiger partial charge in [-0.1, -0.05) is 0 Å². The first kappa shape index (κ1) is 8.49. The lowest BCUT2D eigenvalue weighted by Crippen LogP contribution is -2.48. The van der Waals surface area contributed by atoms with Gasteiger partial charge in [0.2, 0.25) is 5.91 Å². The monoisotopic (exact) mass is 158 g/mol. The summed E-state index contributed by atoms with van der Waals surface area (Å²) in [4.78, 5) is 10.4. The fourth-order valence-corrected chi connectivity index (χ4v) is 0.868. The van der Waals surface area contributed by atoms with Gasteiger partial charge in [0.25, 0.3) is 0 Å². The van der Waals surface area contributed by atoms with E-state index in [0.717, 1.165) is 19.8 Å². The van der Waals surface area contributed by atoms with Crippen molar-refractivity contribution in [3.8, 4) is 0 Å². The number of hydrogen-bond acceptors (Lipinski definition) is 3. The first-order valence-electron chi connectivity index (χ1n) is 3.84. The summed E-state index contributed by atoms with van der Waals surface area (Å²) in [5.74, 6) is 0.0247. The highest BCUT2D eigenvalue weighted by Crippen LogP contribution is 1.97. The zero-order valence-corrected chi connectivity index (χ0v) is 6.72. The number of amides is 1. The van der Waals surface area contributed by atoms with E-state index in [-0.39, 0.29) is 5.91 Å². The zero-order chi connectivity index (χ0) is 8.10. The summed E-state index contributed by atoms with van der Waals surface area (Å²) in [5, 5.41) is 5.94. The number of carbonyl (C=O) groups is 1. The van der Waals surface area contributed by atoms with E-state index in [1.807, 2.05) is 0 Å². The van der Waals surface area contributed by atoms with E-state index in [2.05, 4.69) is 10.6 Å². The van der Waals surface area contributed by atoms with Crippen LogP contribution in [-0.4, -0.2) is 38.3 Å². The van der Waals surface area contributed by atoms with Gasteiger partial charge in [0, 0.05) is 20.0 Å². The minimum Gasteiger partial charge on any atom is -0.378 e. The minimum absolute atomic E-state index is 0.0247. The Balaban J connectivity index is 1.83. The summed E-state index contributed by atoms with van der Waals surface area (Å²) in [6, 6.07) is 0.503. The summed E-state index contributed by atoms with van der Waals surface area (Å²) in [5.41, 5.74) is 0. The smallest absolute Gasteiger partial charge is 0.216 e. The van der Waals surface area contributed by atoms with Gasteiger partial charge in [-0.2, -0.15) is 0 Å². The molecule has 4 heteroatoms. The summed E-state index contributed by atoms with van der Waals surface area (Å²) >= 11 is 0. The quantitative estimate of drug-likeness (QED) is 0.522. The highest BCUT2D eigenvalue weighted by molar-refractivity contribution is 5.72. The van der Waals surface area contributed by atoms with Crippen LogP contribution in [0.5, 0.6) is 0 Å². The van der Waals surface area contributed by atoms with Crippen molar-refractivity contribution in [1.29, 1.82) is 0 Å². The van der Waals surface area contributed by atoms with Crippen LogP contribution in [0.4, 0.5) is 0 Å². The molecule has 0 aromatic rings. The third-order valence-electron chi connectivity index (χ3n) is 1.57. The number of hydrogen-bond donors (Lipinski definition) is 2. The molecule has 0 spiro atoms. The highest BCUT2D eigenvalue weighted by Gasteiger charge is 2.16. The van der Waals surface area contributed by atoms with Gasteiger partial charge in [-0.3, -0.25) is 4.79 Å². The Kier molecular flexibility index (Phi) is 3.32. The molecule has 0 unspecified atom stereocenters. The normalized spacial score (nSPS) is 17.5. The largest absolute Gasteiger partial charge is 0.378 e. The lowest BCUT2D eigenvalue weighted by Gasteiger charge is -2.26. The van der Waals surface area contributed by atoms with Crippen molar-refractivity contribution in [2.24, 2.45) is 0 Å². The van der Waals surface area contributed by atoms with Gasteiger partial charge >= 0.3 is 0 Å². The van der Waals surface area contributed by atoms with Crippen molar-refractivity contribution in [2.45, 2.75) is 13.0 Å². The van der Waals surface area contributed by atoms with Gasteiger partial charge in [0.05, 0.1) is 19.3 Å². The van der Waals surface area contributed by atoms with E-state index in [4.69, 9.17) is 4.74 Å². The predicted molar refractivity (Wildman–Crippen MR) is 41.3 cm³/mol. The van der Waals surface area contributed by atoms with Crippen LogP contribution in [0.2, 0.25) is 0 Å². The fraction of sp³-hybridized carbons (Fsp3) is 0.857. The van der Waals surface area contributed by atoms with Crippen LogP contribution in [0.25, 0.3) is 0 Å². The Morgan fingerprint density at radius 3 is 2.73 bits per heavy atom. The topological polar surface area (TPSA) is 50.4 Å². The van der Waals surface area contributed by atoms with Gasteiger partial charge in [-0.05, 0) is 0 Å². The van der Waals surface area contributed by atoms with E-state index in [1.54, 1.807) is 0 Å². The number of nitrogens with one attached hydrogen (secondary N) is 2.